The Hall–Kier alpha value is -1.33. The molecule has 0 radical (unpaired) electrons. The lowest BCUT2D eigenvalue weighted by Gasteiger charge is -1.89. The Bertz CT molecular complexity index is 295. The molecule has 0 saturated heterocycles. The minimum absolute atomic E-state index is 0.596. The van der Waals surface area contributed by atoms with Gasteiger partial charge in [0.1, 0.15) is 0 Å². The molecule has 11 heavy (non-hydrogen) atoms. The van der Waals surface area contributed by atoms with Gasteiger partial charge in [-0.1, -0.05) is 11.6 Å². The molecule has 0 N–H and O–H groups in total. The van der Waals surface area contributed by atoms with Crippen molar-refractivity contribution in [2.24, 2.45) is 0 Å². The number of hydrogen-bond donors (Lipinski definition) is 0. The van der Waals surface area contributed by atoms with Crippen LogP contribution < -0.4 is 0 Å². The highest BCUT2D eigenvalue weighted by Gasteiger charge is 1.87. The molecule has 3 heteroatoms. The van der Waals surface area contributed by atoms with Gasteiger partial charge in [-0.25, -0.2) is 0 Å². The van der Waals surface area contributed by atoms with Crippen molar-refractivity contribution in [1.29, 1.82) is 5.26 Å². The van der Waals surface area contributed by atoms with E-state index in [0.29, 0.717) is 5.02 Å². The Kier molecular flexibility index (Phi) is 2.65. The highest BCUT2D eigenvalue weighted by molar-refractivity contribution is 6.30. The van der Waals surface area contributed by atoms with Crippen molar-refractivity contribution in [1.82, 2.24) is 4.98 Å². The summed E-state index contributed by atoms with van der Waals surface area (Å²) in [5.74, 6) is 0. The summed E-state index contributed by atoms with van der Waals surface area (Å²) in [7, 11) is 0. The van der Waals surface area contributed by atoms with Gasteiger partial charge in [0.25, 0.3) is 0 Å². The average Bonchev–Trinajstić information content (AvgIpc) is 2.04. The number of nitrogens with zero attached hydrogens (tertiary/aromatic N) is 2. The second kappa shape index (κ2) is 3.75. The first kappa shape index (κ1) is 7.77. The number of aromatic nitrogens is 1. The molecule has 1 rings (SSSR count). The van der Waals surface area contributed by atoms with E-state index >= 15 is 0 Å². The molecule has 0 aliphatic carbocycles. The zero-order valence-electron chi connectivity index (χ0n) is 5.66. The Balaban J connectivity index is 2.84. The molecule has 0 fully saturated rings. The molecular weight excluding hydrogens is 160 g/mol. The van der Waals surface area contributed by atoms with E-state index in [1.54, 1.807) is 24.4 Å². The first-order valence-electron chi connectivity index (χ1n) is 3.00. The zero-order valence-corrected chi connectivity index (χ0v) is 6.42. The first-order chi connectivity index (χ1) is 5.33. The van der Waals surface area contributed by atoms with Crippen LogP contribution in [0.25, 0.3) is 6.08 Å². The standard InChI is InChI=1S/C8H5ClN2/c9-7-3-4-8(11-6-7)2-1-5-10/h1-4,6H/b2-1+. The van der Waals surface area contributed by atoms with Crippen molar-refractivity contribution in [2.75, 3.05) is 0 Å². The summed E-state index contributed by atoms with van der Waals surface area (Å²) in [6, 6.07) is 5.35. The van der Waals surface area contributed by atoms with E-state index in [1.807, 2.05) is 6.07 Å². The van der Waals surface area contributed by atoms with E-state index in [0.717, 1.165) is 5.69 Å². The largest absolute Gasteiger partial charge is 0.255 e. The van der Waals surface area contributed by atoms with Crippen LogP contribution in [0.5, 0.6) is 0 Å². The van der Waals surface area contributed by atoms with Gasteiger partial charge in [0.15, 0.2) is 0 Å². The van der Waals surface area contributed by atoms with Crippen LogP contribution in [-0.4, -0.2) is 4.98 Å². The molecule has 0 atom stereocenters. The molecule has 0 aliphatic rings. The Morgan fingerprint density at radius 3 is 2.91 bits per heavy atom. The Morgan fingerprint density at radius 2 is 2.36 bits per heavy atom. The van der Waals surface area contributed by atoms with Crippen LogP contribution in [0.4, 0.5) is 0 Å². The lowest BCUT2D eigenvalue weighted by Crippen LogP contribution is -1.77. The van der Waals surface area contributed by atoms with Gasteiger partial charge in [-0.15, -0.1) is 0 Å². The monoisotopic (exact) mass is 164 g/mol. The number of nitriles is 1. The first-order valence-corrected chi connectivity index (χ1v) is 3.38. The molecule has 1 aromatic heterocycles. The molecule has 54 valence electrons. The SMILES string of the molecule is N#C/C=C/c1ccc(Cl)cn1. The van der Waals surface area contributed by atoms with Gasteiger partial charge < -0.3 is 0 Å². The summed E-state index contributed by atoms with van der Waals surface area (Å²) in [5, 5.41) is 8.79. The van der Waals surface area contributed by atoms with E-state index < -0.39 is 0 Å². The van der Waals surface area contributed by atoms with Crippen LogP contribution in [0.1, 0.15) is 5.69 Å². The van der Waals surface area contributed by atoms with Gasteiger partial charge in [0.05, 0.1) is 16.8 Å². The lowest BCUT2D eigenvalue weighted by molar-refractivity contribution is 1.30. The van der Waals surface area contributed by atoms with Crippen molar-refractivity contribution in [3.05, 3.63) is 35.1 Å². The van der Waals surface area contributed by atoms with Crippen molar-refractivity contribution in [3.63, 3.8) is 0 Å². The van der Waals surface area contributed by atoms with E-state index in [1.165, 1.54) is 6.08 Å². The maximum absolute atomic E-state index is 8.19. The fourth-order valence-electron chi connectivity index (χ4n) is 0.608. The van der Waals surface area contributed by atoms with Crippen molar-refractivity contribution in [3.8, 4) is 6.07 Å². The fourth-order valence-corrected chi connectivity index (χ4v) is 0.720. The van der Waals surface area contributed by atoms with E-state index in [2.05, 4.69) is 4.98 Å². The van der Waals surface area contributed by atoms with Gasteiger partial charge in [0.2, 0.25) is 0 Å². The predicted octanol–water partition coefficient (Wildman–Crippen LogP) is 2.27. The topological polar surface area (TPSA) is 36.7 Å². The van der Waals surface area contributed by atoms with Gasteiger partial charge in [0, 0.05) is 12.3 Å². The van der Waals surface area contributed by atoms with E-state index in [9.17, 15) is 0 Å². The minimum Gasteiger partial charge on any atom is -0.255 e. The average molecular weight is 165 g/mol. The van der Waals surface area contributed by atoms with Crippen LogP contribution in [0, 0.1) is 11.3 Å². The van der Waals surface area contributed by atoms with Crippen molar-refractivity contribution < 1.29 is 0 Å². The van der Waals surface area contributed by atoms with E-state index in [4.69, 9.17) is 16.9 Å². The molecule has 0 amide bonds. The van der Waals surface area contributed by atoms with Gasteiger partial charge >= 0.3 is 0 Å². The predicted molar refractivity (Wildman–Crippen MR) is 43.9 cm³/mol. The third-order valence-electron chi connectivity index (χ3n) is 1.08. The van der Waals surface area contributed by atoms with Crippen LogP contribution in [0.3, 0.4) is 0 Å². The molecule has 2 nitrogen and oxygen atoms in total. The van der Waals surface area contributed by atoms with Crippen molar-refractivity contribution in [2.45, 2.75) is 0 Å². The Morgan fingerprint density at radius 1 is 1.55 bits per heavy atom. The maximum atomic E-state index is 8.19. The third kappa shape index (κ3) is 2.40. The third-order valence-corrected chi connectivity index (χ3v) is 1.30. The lowest BCUT2D eigenvalue weighted by atomic mass is 10.3. The smallest absolute Gasteiger partial charge is 0.0912 e. The number of halogens is 1. The summed E-state index contributed by atoms with van der Waals surface area (Å²) >= 11 is 5.59. The normalized spacial score (nSPS) is 9.82. The second-order valence-electron chi connectivity index (χ2n) is 1.86. The molecular formula is C8H5ClN2. The number of allylic oxidation sites excluding steroid dienone is 1. The summed E-state index contributed by atoms with van der Waals surface area (Å²) in [4.78, 5) is 3.95. The summed E-state index contributed by atoms with van der Waals surface area (Å²) in [6.07, 6.45) is 4.53. The molecule has 0 saturated carbocycles. The van der Waals surface area contributed by atoms with Crippen LogP contribution in [0.15, 0.2) is 24.4 Å². The molecule has 0 unspecified atom stereocenters. The fraction of sp³-hybridized carbons (Fsp3) is 0. The Labute approximate surface area is 69.8 Å². The molecule has 1 heterocycles. The summed E-state index contributed by atoms with van der Waals surface area (Å²) in [5.41, 5.74) is 0.732. The zero-order chi connectivity index (χ0) is 8.10. The number of pyridine rings is 1. The molecule has 0 aromatic carbocycles. The van der Waals surface area contributed by atoms with Crippen molar-refractivity contribution >= 4 is 17.7 Å². The maximum Gasteiger partial charge on any atom is 0.0912 e. The summed E-state index contributed by atoms with van der Waals surface area (Å²) < 4.78 is 0. The molecule has 0 aliphatic heterocycles. The molecule has 0 spiro atoms. The van der Waals surface area contributed by atoms with E-state index in [-0.39, 0.29) is 0 Å². The minimum atomic E-state index is 0.596. The van der Waals surface area contributed by atoms with Gasteiger partial charge in [-0.05, 0) is 18.2 Å². The van der Waals surface area contributed by atoms with Gasteiger partial charge in [-0.3, -0.25) is 4.98 Å². The highest BCUT2D eigenvalue weighted by Crippen LogP contribution is 2.06. The van der Waals surface area contributed by atoms with Crippen LogP contribution >= 0.6 is 11.6 Å². The van der Waals surface area contributed by atoms with Crippen LogP contribution in [-0.2, 0) is 0 Å². The number of rotatable bonds is 1. The molecule has 1 aromatic rings. The van der Waals surface area contributed by atoms with Crippen LogP contribution in [0.2, 0.25) is 5.02 Å². The molecule has 0 bridgehead atoms. The highest BCUT2D eigenvalue weighted by atomic mass is 35.5. The van der Waals surface area contributed by atoms with Gasteiger partial charge in [-0.2, -0.15) is 5.26 Å². The second-order valence-corrected chi connectivity index (χ2v) is 2.30. The number of hydrogen-bond acceptors (Lipinski definition) is 2. The quantitative estimate of drug-likeness (QED) is 0.597. The summed E-state index contributed by atoms with van der Waals surface area (Å²) in [6.45, 7) is 0.